The second-order valence-electron chi connectivity index (χ2n) is 5.98. The van der Waals surface area contributed by atoms with Gasteiger partial charge in [0.05, 0.1) is 11.6 Å². The minimum absolute atomic E-state index is 0.0596. The highest BCUT2D eigenvalue weighted by Gasteiger charge is 2.18. The number of benzene rings is 2. The Morgan fingerprint density at radius 1 is 0.857 bits per heavy atom. The van der Waals surface area contributed by atoms with Crippen LogP contribution in [0.4, 0.5) is 17.2 Å². The monoisotopic (exact) mass is 366 g/mol. The minimum atomic E-state index is -0.632. The number of hydrogen-bond acceptors (Lipinski definition) is 6. The van der Waals surface area contributed by atoms with E-state index in [1.54, 1.807) is 24.3 Å². The summed E-state index contributed by atoms with van der Waals surface area (Å²) in [4.78, 5) is 16.3. The Balaban J connectivity index is 2.04. The van der Waals surface area contributed by atoms with Crippen LogP contribution in [0.5, 0.6) is 0 Å². The van der Waals surface area contributed by atoms with Crippen LogP contribution >= 0.6 is 0 Å². The van der Waals surface area contributed by atoms with Gasteiger partial charge in [0.25, 0.3) is 5.56 Å². The number of nitrogens with one attached hydrogen (secondary N) is 1. The molecule has 7 heteroatoms. The molecular weight excluding hydrogens is 352 g/mol. The van der Waals surface area contributed by atoms with Crippen LogP contribution in [0.25, 0.3) is 11.1 Å². The molecule has 0 aliphatic rings. The van der Waals surface area contributed by atoms with Gasteiger partial charge in [0.15, 0.2) is 0 Å². The second kappa shape index (κ2) is 7.37. The molecule has 0 aliphatic carbocycles. The summed E-state index contributed by atoms with van der Waals surface area (Å²) in [5, 5.41) is 27.7. The van der Waals surface area contributed by atoms with Crippen molar-refractivity contribution in [1.82, 2.24) is 4.98 Å². The smallest absolute Gasteiger partial charge is 0.268 e. The van der Waals surface area contributed by atoms with Gasteiger partial charge >= 0.3 is 0 Å². The number of nitrogens with zero attached hydrogens (tertiary/aromatic N) is 4. The summed E-state index contributed by atoms with van der Waals surface area (Å²) in [7, 11) is 1.88. The number of aromatic nitrogens is 1. The lowest BCUT2D eigenvalue weighted by atomic mass is 9.96. The highest BCUT2D eigenvalue weighted by Crippen LogP contribution is 2.31. The maximum absolute atomic E-state index is 12.0. The van der Waals surface area contributed by atoms with E-state index in [-0.39, 0.29) is 22.5 Å². The molecular formula is C21H14N6O. The zero-order valence-electron chi connectivity index (χ0n) is 14.9. The third-order valence-electron chi connectivity index (χ3n) is 4.40. The van der Waals surface area contributed by atoms with Crippen molar-refractivity contribution in [2.75, 3.05) is 17.7 Å². The molecule has 0 bridgehead atoms. The molecule has 7 nitrogen and oxygen atoms in total. The summed E-state index contributed by atoms with van der Waals surface area (Å²) in [6.45, 7) is 0. The molecule has 28 heavy (non-hydrogen) atoms. The number of hydrogen-bond donors (Lipinski definition) is 2. The molecule has 3 N–H and O–H groups in total. The van der Waals surface area contributed by atoms with Crippen LogP contribution in [0.1, 0.15) is 16.7 Å². The Bertz CT molecular complexity index is 1220. The highest BCUT2D eigenvalue weighted by molar-refractivity contribution is 5.81. The molecule has 0 saturated heterocycles. The predicted octanol–water partition coefficient (Wildman–Crippen LogP) is 3.01. The number of H-pyrrole nitrogens is 1. The third-order valence-corrected chi connectivity index (χ3v) is 4.40. The Hall–Kier alpha value is -4.54. The van der Waals surface area contributed by atoms with Gasteiger partial charge in [0.2, 0.25) is 0 Å². The fourth-order valence-corrected chi connectivity index (χ4v) is 2.89. The van der Waals surface area contributed by atoms with E-state index in [1.807, 2.05) is 48.4 Å². The second-order valence-corrected chi connectivity index (χ2v) is 5.98. The summed E-state index contributed by atoms with van der Waals surface area (Å²) < 4.78 is 0. The molecule has 1 aromatic heterocycles. The van der Waals surface area contributed by atoms with Crippen molar-refractivity contribution in [2.24, 2.45) is 0 Å². The topological polar surface area (TPSA) is 133 Å². The average Bonchev–Trinajstić information content (AvgIpc) is 2.73. The molecule has 0 saturated carbocycles. The van der Waals surface area contributed by atoms with Crippen LogP contribution in [0.2, 0.25) is 0 Å². The first-order valence-electron chi connectivity index (χ1n) is 8.20. The maximum atomic E-state index is 12.0. The quantitative estimate of drug-likeness (QED) is 0.732. The number of rotatable bonds is 3. The first-order valence-corrected chi connectivity index (χ1v) is 8.20. The van der Waals surface area contributed by atoms with Crippen LogP contribution in [-0.2, 0) is 0 Å². The molecule has 0 spiro atoms. The molecule has 0 amide bonds. The van der Waals surface area contributed by atoms with Gasteiger partial charge in [0, 0.05) is 24.0 Å². The Labute approximate surface area is 161 Å². The number of aromatic amines is 1. The van der Waals surface area contributed by atoms with Crippen LogP contribution in [-0.4, -0.2) is 12.0 Å². The fourth-order valence-electron chi connectivity index (χ4n) is 2.89. The third kappa shape index (κ3) is 3.14. The van der Waals surface area contributed by atoms with E-state index in [2.05, 4.69) is 11.1 Å². The van der Waals surface area contributed by atoms with E-state index in [0.717, 1.165) is 11.4 Å². The lowest BCUT2D eigenvalue weighted by Gasteiger charge is -2.20. The number of nitrogens with two attached hydrogens (primary N) is 1. The molecule has 2 aromatic carbocycles. The lowest BCUT2D eigenvalue weighted by molar-refractivity contribution is 1.20. The molecule has 1 heterocycles. The Kier molecular flexibility index (Phi) is 4.81. The average molecular weight is 366 g/mol. The van der Waals surface area contributed by atoms with Crippen LogP contribution in [0.15, 0.2) is 53.3 Å². The maximum Gasteiger partial charge on any atom is 0.268 e. The zero-order valence-corrected chi connectivity index (χ0v) is 14.9. The van der Waals surface area contributed by atoms with E-state index in [4.69, 9.17) is 11.0 Å². The summed E-state index contributed by atoms with van der Waals surface area (Å²) in [6, 6.07) is 20.1. The Morgan fingerprint density at radius 2 is 1.39 bits per heavy atom. The standard InChI is InChI=1S/C21H14N6O/c1-27(15-6-2-13(10-22)3-7-15)16-8-4-14(5-9-16)19-17(11-23)20(25)26-21(28)18(19)12-24/h2-9H,1H3,(H3,25,26,28). The SMILES string of the molecule is CN(c1ccc(C#N)cc1)c1ccc(-c2c(C#N)c(N)[nH]c(=O)c2C#N)cc1. The van der Waals surface area contributed by atoms with Crippen molar-refractivity contribution >= 4 is 17.2 Å². The van der Waals surface area contributed by atoms with Crippen molar-refractivity contribution < 1.29 is 0 Å². The lowest BCUT2D eigenvalue weighted by Crippen LogP contribution is -2.16. The molecule has 134 valence electrons. The number of pyridine rings is 1. The normalized spacial score (nSPS) is 9.79. The van der Waals surface area contributed by atoms with Gasteiger partial charge in [-0.05, 0) is 42.0 Å². The van der Waals surface area contributed by atoms with Crippen molar-refractivity contribution in [3.8, 4) is 29.3 Å². The van der Waals surface area contributed by atoms with Crippen molar-refractivity contribution in [3.05, 3.63) is 75.6 Å². The van der Waals surface area contributed by atoms with Gasteiger partial charge in [-0.1, -0.05) is 12.1 Å². The van der Waals surface area contributed by atoms with Gasteiger partial charge in [-0.15, -0.1) is 0 Å². The molecule has 0 unspecified atom stereocenters. The minimum Gasteiger partial charge on any atom is -0.384 e. The van der Waals surface area contributed by atoms with Crippen molar-refractivity contribution in [1.29, 1.82) is 15.8 Å². The first kappa shape index (κ1) is 18.3. The summed E-state index contributed by atoms with van der Waals surface area (Å²) in [5.41, 5.74) is 8.11. The first-order chi connectivity index (χ1) is 13.5. The van der Waals surface area contributed by atoms with E-state index >= 15 is 0 Å². The predicted molar refractivity (Wildman–Crippen MR) is 106 cm³/mol. The number of nitriles is 3. The molecule has 0 aliphatic heterocycles. The Morgan fingerprint density at radius 3 is 1.89 bits per heavy atom. The van der Waals surface area contributed by atoms with Crippen molar-refractivity contribution in [3.63, 3.8) is 0 Å². The van der Waals surface area contributed by atoms with E-state index in [1.165, 1.54) is 0 Å². The van der Waals surface area contributed by atoms with Gasteiger partial charge in [-0.2, -0.15) is 15.8 Å². The molecule has 3 rings (SSSR count). The number of anilines is 3. The van der Waals surface area contributed by atoms with Crippen LogP contribution in [0, 0.1) is 34.0 Å². The summed E-state index contributed by atoms with van der Waals surface area (Å²) in [6.07, 6.45) is 0. The number of nitrogen functional groups attached to an aromatic ring is 1. The van der Waals surface area contributed by atoms with Gasteiger partial charge in [-0.3, -0.25) is 4.79 Å². The van der Waals surface area contributed by atoms with E-state index in [9.17, 15) is 15.3 Å². The van der Waals surface area contributed by atoms with Crippen LogP contribution in [0.3, 0.4) is 0 Å². The zero-order chi connectivity index (χ0) is 20.3. The molecule has 0 atom stereocenters. The molecule has 0 radical (unpaired) electrons. The van der Waals surface area contributed by atoms with Crippen LogP contribution < -0.4 is 16.2 Å². The van der Waals surface area contributed by atoms with Crippen molar-refractivity contribution in [2.45, 2.75) is 0 Å². The largest absolute Gasteiger partial charge is 0.384 e. The molecule has 3 aromatic rings. The van der Waals surface area contributed by atoms with E-state index < -0.39 is 5.56 Å². The summed E-state index contributed by atoms with van der Waals surface area (Å²) in [5.74, 6) is -0.0692. The van der Waals surface area contributed by atoms with Gasteiger partial charge < -0.3 is 15.6 Å². The summed E-state index contributed by atoms with van der Waals surface area (Å²) >= 11 is 0. The highest BCUT2D eigenvalue weighted by atomic mass is 16.1. The van der Waals surface area contributed by atoms with Gasteiger partial charge in [-0.25, -0.2) is 0 Å². The van der Waals surface area contributed by atoms with E-state index in [0.29, 0.717) is 11.1 Å². The molecule has 0 fully saturated rings. The van der Waals surface area contributed by atoms with Gasteiger partial charge in [0.1, 0.15) is 29.1 Å². The fraction of sp³-hybridized carbons (Fsp3) is 0.0476.